The highest BCUT2D eigenvalue weighted by molar-refractivity contribution is 4.82. The third-order valence-electron chi connectivity index (χ3n) is 1.65. The van der Waals surface area contributed by atoms with Gasteiger partial charge in [0.25, 0.3) is 0 Å². The topological polar surface area (TPSA) is 29.5 Å². The third kappa shape index (κ3) is 6.23. The normalized spacial score (nSPS) is 12.6. The van der Waals surface area contributed by atoms with Gasteiger partial charge in [-0.3, -0.25) is 0 Å². The van der Waals surface area contributed by atoms with Gasteiger partial charge in [-0.05, 0) is 6.42 Å². The van der Waals surface area contributed by atoms with Crippen molar-refractivity contribution in [1.82, 2.24) is 0 Å². The summed E-state index contributed by atoms with van der Waals surface area (Å²) in [5.41, 5.74) is 0. The summed E-state index contributed by atoms with van der Waals surface area (Å²) in [5, 5.41) is 9.24. The second-order valence-electron chi connectivity index (χ2n) is 3.00. The van der Waals surface area contributed by atoms with Crippen molar-refractivity contribution in [1.29, 1.82) is 0 Å². The van der Waals surface area contributed by atoms with Crippen LogP contribution in [0, 0.1) is 0 Å². The Labute approximate surface area is 75.2 Å². The molecule has 1 atom stereocenters. The van der Waals surface area contributed by atoms with Gasteiger partial charge in [0.2, 0.25) is 0 Å². The second-order valence-corrected chi connectivity index (χ2v) is 3.00. The van der Waals surface area contributed by atoms with E-state index in [0.717, 1.165) is 25.7 Å². The molecule has 0 amide bonds. The molecule has 1 unspecified atom stereocenters. The van der Waals surface area contributed by atoms with Crippen molar-refractivity contribution in [3.8, 4) is 0 Å². The largest absolute Gasteiger partial charge is 0.470 e. The van der Waals surface area contributed by atoms with Gasteiger partial charge in [0.05, 0.1) is 5.76 Å². The molecule has 0 rings (SSSR count). The minimum Gasteiger partial charge on any atom is -0.470 e. The van der Waals surface area contributed by atoms with Gasteiger partial charge in [-0.15, -0.1) is 0 Å². The minimum absolute atomic E-state index is 0.653. The maximum Gasteiger partial charge on any atom is 0.196 e. The highest BCUT2D eigenvalue weighted by Gasteiger charge is 2.03. The van der Waals surface area contributed by atoms with E-state index in [-0.39, 0.29) is 0 Å². The summed E-state index contributed by atoms with van der Waals surface area (Å²) in [4.78, 5) is 0. The van der Waals surface area contributed by atoms with Gasteiger partial charge in [-0.1, -0.05) is 33.3 Å². The Bertz CT molecular complexity index is 121. The Morgan fingerprint density at radius 1 is 1.42 bits per heavy atom. The molecule has 2 nitrogen and oxygen atoms in total. The highest BCUT2D eigenvalue weighted by Crippen LogP contribution is 2.10. The number of aliphatic hydroxyl groups excluding tert-OH is 1. The van der Waals surface area contributed by atoms with Crippen LogP contribution in [0.2, 0.25) is 0 Å². The molecule has 0 radical (unpaired) electrons. The number of ether oxygens (including phenoxy) is 1. The van der Waals surface area contributed by atoms with Crippen molar-refractivity contribution in [2.75, 3.05) is 0 Å². The Morgan fingerprint density at radius 3 is 2.58 bits per heavy atom. The molecule has 0 saturated carbocycles. The number of hydrogen-bond donors (Lipinski definition) is 1. The zero-order valence-electron chi connectivity index (χ0n) is 8.18. The lowest BCUT2D eigenvalue weighted by molar-refractivity contribution is -0.0719. The number of hydrogen-bond acceptors (Lipinski definition) is 2. The maximum atomic E-state index is 9.24. The summed E-state index contributed by atoms with van der Waals surface area (Å²) in [6.45, 7) is 7.87. The Hall–Kier alpha value is -0.500. The van der Waals surface area contributed by atoms with Gasteiger partial charge in [0.1, 0.15) is 0 Å². The Kier molecular flexibility index (Phi) is 6.87. The summed E-state index contributed by atoms with van der Waals surface area (Å²) < 4.78 is 5.15. The van der Waals surface area contributed by atoms with E-state index >= 15 is 0 Å². The second kappa shape index (κ2) is 7.17. The van der Waals surface area contributed by atoms with Gasteiger partial charge in [-0.25, -0.2) is 0 Å². The molecular weight excluding hydrogens is 152 g/mol. The average Bonchev–Trinajstić information content (AvgIpc) is 2.01. The lowest BCUT2D eigenvalue weighted by Crippen LogP contribution is -2.10. The fourth-order valence-corrected chi connectivity index (χ4v) is 0.931. The first-order valence-corrected chi connectivity index (χ1v) is 4.73. The number of allylic oxidation sites excluding steroid dienone is 1. The third-order valence-corrected chi connectivity index (χ3v) is 1.65. The van der Waals surface area contributed by atoms with Gasteiger partial charge in [-0.2, -0.15) is 0 Å². The molecule has 2 heteroatoms. The van der Waals surface area contributed by atoms with E-state index in [0.29, 0.717) is 12.2 Å². The van der Waals surface area contributed by atoms with Gasteiger partial charge >= 0.3 is 0 Å². The van der Waals surface area contributed by atoms with Crippen LogP contribution in [0.25, 0.3) is 0 Å². The molecule has 0 fully saturated rings. The molecule has 0 bridgehead atoms. The molecule has 12 heavy (non-hydrogen) atoms. The summed E-state index contributed by atoms with van der Waals surface area (Å²) in [6, 6.07) is 0. The zero-order valence-corrected chi connectivity index (χ0v) is 8.18. The molecule has 0 aliphatic heterocycles. The fourth-order valence-electron chi connectivity index (χ4n) is 0.931. The molecule has 0 heterocycles. The molecule has 72 valence electrons. The number of aliphatic hydroxyl groups is 1. The molecule has 0 saturated heterocycles. The lowest BCUT2D eigenvalue weighted by atomic mass is 10.2. The van der Waals surface area contributed by atoms with Gasteiger partial charge < -0.3 is 9.84 Å². The van der Waals surface area contributed by atoms with E-state index in [4.69, 9.17) is 4.74 Å². The Morgan fingerprint density at radius 2 is 2.08 bits per heavy atom. The number of rotatable bonds is 7. The smallest absolute Gasteiger partial charge is 0.196 e. The van der Waals surface area contributed by atoms with Crippen LogP contribution >= 0.6 is 0 Å². The van der Waals surface area contributed by atoms with Crippen LogP contribution in [0.15, 0.2) is 12.3 Å². The molecule has 0 aliphatic carbocycles. The first-order valence-electron chi connectivity index (χ1n) is 4.73. The van der Waals surface area contributed by atoms with E-state index in [9.17, 15) is 5.11 Å². The van der Waals surface area contributed by atoms with E-state index < -0.39 is 6.29 Å². The van der Waals surface area contributed by atoms with Crippen molar-refractivity contribution in [2.45, 2.75) is 52.2 Å². The van der Waals surface area contributed by atoms with Crippen LogP contribution in [-0.2, 0) is 4.74 Å². The first kappa shape index (κ1) is 11.5. The quantitative estimate of drug-likeness (QED) is 0.472. The van der Waals surface area contributed by atoms with E-state index in [2.05, 4.69) is 13.5 Å². The highest BCUT2D eigenvalue weighted by atomic mass is 16.6. The molecule has 0 aliphatic rings. The van der Waals surface area contributed by atoms with Crippen LogP contribution in [0.3, 0.4) is 0 Å². The monoisotopic (exact) mass is 172 g/mol. The van der Waals surface area contributed by atoms with Crippen molar-refractivity contribution < 1.29 is 9.84 Å². The minimum atomic E-state index is -0.653. The molecule has 1 N–H and O–H groups in total. The molecule has 0 aromatic rings. The number of unbranched alkanes of at least 4 members (excludes halogenated alkanes) is 1. The van der Waals surface area contributed by atoms with Gasteiger partial charge in [0, 0.05) is 12.8 Å². The SMILES string of the molecule is C=C(CCCC)OC(O)CCC. The molecule has 0 aromatic carbocycles. The zero-order chi connectivity index (χ0) is 9.40. The van der Waals surface area contributed by atoms with Crippen molar-refractivity contribution in [3.05, 3.63) is 12.3 Å². The molecule has 0 spiro atoms. The van der Waals surface area contributed by atoms with E-state index in [1.54, 1.807) is 0 Å². The van der Waals surface area contributed by atoms with Crippen LogP contribution in [0.1, 0.15) is 46.0 Å². The first-order chi connectivity index (χ1) is 5.70. The Balaban J connectivity index is 3.40. The van der Waals surface area contributed by atoms with Crippen molar-refractivity contribution >= 4 is 0 Å². The van der Waals surface area contributed by atoms with Crippen LogP contribution < -0.4 is 0 Å². The van der Waals surface area contributed by atoms with Crippen LogP contribution in [-0.4, -0.2) is 11.4 Å². The predicted octanol–water partition coefficient (Wildman–Crippen LogP) is 2.83. The standard InChI is InChI=1S/C10H20O2/c1-4-6-8-9(3)12-10(11)7-5-2/h10-11H,3-8H2,1-2H3. The summed E-state index contributed by atoms with van der Waals surface area (Å²) in [5.74, 6) is 0.706. The maximum absolute atomic E-state index is 9.24. The van der Waals surface area contributed by atoms with Crippen LogP contribution in [0.5, 0.6) is 0 Å². The van der Waals surface area contributed by atoms with Crippen molar-refractivity contribution in [3.63, 3.8) is 0 Å². The summed E-state index contributed by atoms with van der Waals surface area (Å²) in [6.07, 6.45) is 4.04. The molecule has 0 aromatic heterocycles. The molecular formula is C10H20O2. The fraction of sp³-hybridized carbons (Fsp3) is 0.800. The van der Waals surface area contributed by atoms with Crippen molar-refractivity contribution in [2.24, 2.45) is 0 Å². The van der Waals surface area contributed by atoms with Gasteiger partial charge in [0.15, 0.2) is 6.29 Å². The van der Waals surface area contributed by atoms with Crippen LogP contribution in [0.4, 0.5) is 0 Å². The average molecular weight is 172 g/mol. The summed E-state index contributed by atoms with van der Waals surface area (Å²) >= 11 is 0. The van der Waals surface area contributed by atoms with E-state index in [1.807, 2.05) is 6.92 Å². The summed E-state index contributed by atoms with van der Waals surface area (Å²) in [7, 11) is 0. The predicted molar refractivity (Wildman–Crippen MR) is 50.7 cm³/mol. The van der Waals surface area contributed by atoms with E-state index in [1.165, 1.54) is 0 Å². The lowest BCUT2D eigenvalue weighted by Gasteiger charge is -2.14.